The highest BCUT2D eigenvalue weighted by Crippen LogP contribution is 2.30. The van der Waals surface area contributed by atoms with Gasteiger partial charge in [-0.2, -0.15) is 0 Å². The van der Waals surface area contributed by atoms with Gasteiger partial charge in [0.15, 0.2) is 0 Å². The average molecular weight is 403 g/mol. The van der Waals surface area contributed by atoms with Gasteiger partial charge in [0.1, 0.15) is 11.4 Å². The molecule has 4 rings (SSSR count). The molecule has 4 aromatic rings. The van der Waals surface area contributed by atoms with Crippen molar-refractivity contribution in [2.24, 2.45) is 0 Å². The second kappa shape index (κ2) is 7.43. The lowest BCUT2D eigenvalue weighted by Crippen LogP contribution is -2.15. The number of nitrogens with zero attached hydrogens (tertiary/aromatic N) is 3. The molecule has 1 heterocycles. The molecule has 0 unspecified atom stereocenters. The van der Waals surface area contributed by atoms with Gasteiger partial charge in [0.25, 0.3) is 17.3 Å². The van der Waals surface area contributed by atoms with Crippen LogP contribution in [-0.2, 0) is 0 Å². The molecule has 0 aliphatic rings. The van der Waals surface area contributed by atoms with E-state index < -0.39 is 27.1 Å². The first-order valence-corrected chi connectivity index (χ1v) is 8.72. The van der Waals surface area contributed by atoms with E-state index in [4.69, 9.17) is 0 Å². The summed E-state index contributed by atoms with van der Waals surface area (Å²) in [7, 11) is 0. The first kappa shape index (κ1) is 18.7. The summed E-state index contributed by atoms with van der Waals surface area (Å²) >= 11 is 0. The van der Waals surface area contributed by atoms with Crippen molar-refractivity contribution in [3.05, 3.63) is 92.5 Å². The lowest BCUT2D eigenvalue weighted by Gasteiger charge is -2.10. The molecule has 0 spiro atoms. The maximum Gasteiger partial charge on any atom is 0.289 e. The molecule has 3 aromatic carbocycles. The zero-order valence-electron chi connectivity index (χ0n) is 15.2. The van der Waals surface area contributed by atoms with Gasteiger partial charge in [-0.15, -0.1) is 0 Å². The molecule has 0 aliphatic heterocycles. The summed E-state index contributed by atoms with van der Waals surface area (Å²) in [5.41, 5.74) is 1.13. The number of carbonyl (C=O) groups excluding carboxylic acids is 1. The number of H-pyrrole nitrogens is 1. The van der Waals surface area contributed by atoms with Crippen LogP contribution in [0.15, 0.2) is 66.7 Å². The van der Waals surface area contributed by atoms with Gasteiger partial charge in [0.2, 0.25) is 0 Å². The summed E-state index contributed by atoms with van der Waals surface area (Å²) in [5.74, 6) is -0.245. The summed E-state index contributed by atoms with van der Waals surface area (Å²) < 4.78 is 0. The Morgan fingerprint density at radius 1 is 0.933 bits per heavy atom. The van der Waals surface area contributed by atoms with E-state index in [9.17, 15) is 25.0 Å². The largest absolute Gasteiger partial charge is 0.338 e. The SMILES string of the molecule is O=C(Nc1ccccc1-c1nc2ccccc2[nH]1)c1ccc([N+](=O)[O-])cc1[N+](=O)[O-]. The quantitative estimate of drug-likeness (QED) is 0.375. The van der Waals surface area contributed by atoms with Crippen molar-refractivity contribution in [2.45, 2.75) is 0 Å². The Morgan fingerprint density at radius 3 is 2.40 bits per heavy atom. The number of non-ortho nitro benzene ring substituents is 1. The standard InChI is InChI=1S/C20H13N5O5/c26-20(14-10-9-12(24(27)28)11-18(14)25(29)30)23-15-6-2-1-5-13(15)19-21-16-7-3-4-8-17(16)22-19/h1-11H,(H,21,22)(H,23,26). The first-order valence-electron chi connectivity index (χ1n) is 8.72. The highest BCUT2D eigenvalue weighted by molar-refractivity contribution is 6.08. The molecule has 10 nitrogen and oxygen atoms in total. The number of amides is 1. The van der Waals surface area contributed by atoms with Crippen LogP contribution in [0.1, 0.15) is 10.4 Å². The second-order valence-electron chi connectivity index (χ2n) is 6.32. The van der Waals surface area contributed by atoms with Gasteiger partial charge in [0.05, 0.1) is 32.6 Å². The van der Waals surface area contributed by atoms with Gasteiger partial charge >= 0.3 is 0 Å². The fraction of sp³-hybridized carbons (Fsp3) is 0. The van der Waals surface area contributed by atoms with Crippen LogP contribution < -0.4 is 5.32 Å². The topological polar surface area (TPSA) is 144 Å². The number of aromatic nitrogens is 2. The van der Waals surface area contributed by atoms with Crippen LogP contribution in [-0.4, -0.2) is 25.7 Å². The van der Waals surface area contributed by atoms with E-state index in [0.717, 1.165) is 29.2 Å². The second-order valence-corrected chi connectivity index (χ2v) is 6.32. The Bertz CT molecular complexity index is 1280. The van der Waals surface area contributed by atoms with E-state index in [0.29, 0.717) is 17.1 Å². The number of hydrogen-bond acceptors (Lipinski definition) is 6. The first-order chi connectivity index (χ1) is 14.4. The normalized spacial score (nSPS) is 10.7. The number of benzene rings is 3. The van der Waals surface area contributed by atoms with Crippen LogP contribution in [0.25, 0.3) is 22.4 Å². The average Bonchev–Trinajstić information content (AvgIpc) is 3.17. The molecule has 10 heteroatoms. The fourth-order valence-corrected chi connectivity index (χ4v) is 3.05. The van der Waals surface area contributed by atoms with E-state index in [1.54, 1.807) is 24.3 Å². The summed E-state index contributed by atoms with van der Waals surface area (Å²) in [4.78, 5) is 41.1. The predicted octanol–water partition coefficient (Wildman–Crippen LogP) is 4.30. The third-order valence-corrected chi connectivity index (χ3v) is 4.45. The van der Waals surface area contributed by atoms with Crippen molar-refractivity contribution >= 4 is 34.0 Å². The molecule has 148 valence electrons. The molecule has 0 saturated carbocycles. The van der Waals surface area contributed by atoms with Crippen molar-refractivity contribution in [2.75, 3.05) is 5.32 Å². The third kappa shape index (κ3) is 3.44. The number of imidazole rings is 1. The van der Waals surface area contributed by atoms with Crippen LogP contribution >= 0.6 is 0 Å². The lowest BCUT2D eigenvalue weighted by atomic mass is 10.1. The molecule has 1 amide bonds. The molecular weight excluding hydrogens is 390 g/mol. The lowest BCUT2D eigenvalue weighted by molar-refractivity contribution is -0.394. The maximum atomic E-state index is 12.8. The monoisotopic (exact) mass is 403 g/mol. The third-order valence-electron chi connectivity index (χ3n) is 4.45. The van der Waals surface area contributed by atoms with Crippen LogP contribution in [0.3, 0.4) is 0 Å². The molecule has 0 fully saturated rings. The number of anilines is 1. The van der Waals surface area contributed by atoms with E-state index >= 15 is 0 Å². The van der Waals surface area contributed by atoms with Crippen LogP contribution in [0.5, 0.6) is 0 Å². The van der Waals surface area contributed by atoms with Crippen LogP contribution in [0.4, 0.5) is 17.1 Å². The van der Waals surface area contributed by atoms with E-state index in [1.165, 1.54) is 0 Å². The number of rotatable bonds is 5. The molecule has 0 radical (unpaired) electrons. The molecule has 30 heavy (non-hydrogen) atoms. The molecule has 0 saturated heterocycles. The molecule has 0 aliphatic carbocycles. The number of nitro groups is 2. The smallest absolute Gasteiger partial charge is 0.289 e. The Kier molecular flexibility index (Phi) is 4.64. The van der Waals surface area contributed by atoms with E-state index in [2.05, 4.69) is 15.3 Å². The van der Waals surface area contributed by atoms with Crippen molar-refractivity contribution < 1.29 is 14.6 Å². The minimum Gasteiger partial charge on any atom is -0.338 e. The fourth-order valence-electron chi connectivity index (χ4n) is 3.05. The molecule has 2 N–H and O–H groups in total. The van der Waals surface area contributed by atoms with Crippen molar-refractivity contribution in [3.8, 4) is 11.4 Å². The molecule has 0 bridgehead atoms. The minimum atomic E-state index is -0.826. The molecule has 0 atom stereocenters. The minimum absolute atomic E-state index is 0.287. The van der Waals surface area contributed by atoms with Gasteiger partial charge in [0, 0.05) is 11.6 Å². The summed E-state index contributed by atoms with van der Waals surface area (Å²) in [6.07, 6.45) is 0. The number of nitro benzene ring substituents is 2. The van der Waals surface area contributed by atoms with Gasteiger partial charge in [-0.3, -0.25) is 25.0 Å². The highest BCUT2D eigenvalue weighted by atomic mass is 16.6. The Labute approximate surface area is 168 Å². The summed E-state index contributed by atoms with van der Waals surface area (Å²) in [6.45, 7) is 0. The summed E-state index contributed by atoms with van der Waals surface area (Å²) in [5, 5.41) is 24.9. The molecular formula is C20H13N5O5. The van der Waals surface area contributed by atoms with Gasteiger partial charge < -0.3 is 10.3 Å². The zero-order chi connectivity index (χ0) is 21.3. The summed E-state index contributed by atoms with van der Waals surface area (Å²) in [6, 6.07) is 17.2. The number of nitrogens with one attached hydrogen (secondary N) is 2. The van der Waals surface area contributed by atoms with Gasteiger partial charge in [-0.05, 0) is 30.3 Å². The van der Waals surface area contributed by atoms with Gasteiger partial charge in [-0.1, -0.05) is 24.3 Å². The Morgan fingerprint density at radius 2 is 1.67 bits per heavy atom. The van der Waals surface area contributed by atoms with E-state index in [-0.39, 0.29) is 5.56 Å². The highest BCUT2D eigenvalue weighted by Gasteiger charge is 2.25. The van der Waals surface area contributed by atoms with Crippen LogP contribution in [0.2, 0.25) is 0 Å². The number of para-hydroxylation sites is 3. The zero-order valence-corrected chi connectivity index (χ0v) is 15.2. The van der Waals surface area contributed by atoms with Crippen molar-refractivity contribution in [1.82, 2.24) is 9.97 Å². The van der Waals surface area contributed by atoms with Crippen LogP contribution in [0, 0.1) is 20.2 Å². The van der Waals surface area contributed by atoms with Crippen molar-refractivity contribution in [1.29, 1.82) is 0 Å². The number of carbonyl (C=O) groups is 1. The van der Waals surface area contributed by atoms with E-state index in [1.807, 2.05) is 24.3 Å². The van der Waals surface area contributed by atoms with Gasteiger partial charge in [-0.25, -0.2) is 4.98 Å². The predicted molar refractivity (Wildman–Crippen MR) is 109 cm³/mol. The number of aromatic amines is 1. The number of fused-ring (bicyclic) bond motifs is 1. The van der Waals surface area contributed by atoms with Crippen molar-refractivity contribution in [3.63, 3.8) is 0 Å². The maximum absolute atomic E-state index is 12.8. The number of hydrogen-bond donors (Lipinski definition) is 2. The Balaban J connectivity index is 1.71. The Hall–Kier alpha value is -4.60. The molecule has 1 aromatic heterocycles.